The molecule has 1 saturated heterocycles. The van der Waals surface area contributed by atoms with Crippen molar-refractivity contribution in [3.63, 3.8) is 0 Å². The summed E-state index contributed by atoms with van der Waals surface area (Å²) in [5, 5.41) is 0. The highest BCUT2D eigenvalue weighted by Crippen LogP contribution is 2.25. The fraction of sp³-hybridized carbons (Fsp3) is 0.550. The Morgan fingerprint density at radius 3 is 2.43 bits per heavy atom. The van der Waals surface area contributed by atoms with Crippen molar-refractivity contribution >= 4 is 21.8 Å². The number of hydrogen-bond donors (Lipinski definition) is 1. The summed E-state index contributed by atoms with van der Waals surface area (Å²) in [5.41, 5.74) is 4.08. The fourth-order valence-electron chi connectivity index (χ4n) is 2.80. The maximum atomic E-state index is 11.6. The molecule has 0 unspecified atom stereocenters. The molecule has 1 heterocycles. The van der Waals surface area contributed by atoms with Crippen LogP contribution in [-0.2, 0) is 34.0 Å². The molecule has 9 nitrogen and oxygen atoms in total. The van der Waals surface area contributed by atoms with E-state index in [1.807, 2.05) is 0 Å². The van der Waals surface area contributed by atoms with E-state index >= 15 is 0 Å². The predicted molar refractivity (Wildman–Crippen MR) is 110 cm³/mol. The monoisotopic (exact) mass is 443 g/mol. The van der Waals surface area contributed by atoms with Crippen molar-refractivity contribution in [1.29, 1.82) is 0 Å². The van der Waals surface area contributed by atoms with Crippen LogP contribution in [0.2, 0.25) is 0 Å². The Hall–Kier alpha value is -2.14. The summed E-state index contributed by atoms with van der Waals surface area (Å²) >= 11 is 0. The molecule has 1 aromatic carbocycles. The number of ether oxygens (including phenoxy) is 3. The number of hydroxylamine groups is 1. The number of carbonyl (C=O) groups excluding carboxylic acids is 1. The van der Waals surface area contributed by atoms with Crippen LogP contribution in [0.5, 0.6) is 5.75 Å². The number of esters is 1. The number of methoxy groups -OCH3 is 1. The van der Waals surface area contributed by atoms with Gasteiger partial charge in [0.25, 0.3) is 5.79 Å². The number of nitrogens with one attached hydrogen (secondary N) is 1. The van der Waals surface area contributed by atoms with Gasteiger partial charge >= 0.3 is 16.1 Å². The average Bonchev–Trinajstić information content (AvgIpc) is 2.70. The summed E-state index contributed by atoms with van der Waals surface area (Å²) in [5.74, 6) is -1.39. The number of unbranched alkanes of at least 4 members (excludes halogenated alkanes) is 1. The number of rotatable bonds is 11. The lowest BCUT2D eigenvalue weighted by Gasteiger charge is -2.35. The van der Waals surface area contributed by atoms with Crippen molar-refractivity contribution < 1.29 is 36.4 Å². The van der Waals surface area contributed by atoms with Crippen molar-refractivity contribution in [2.24, 2.45) is 5.92 Å². The summed E-state index contributed by atoms with van der Waals surface area (Å²) in [6, 6.07) is 6.46. The van der Waals surface area contributed by atoms with Gasteiger partial charge in [0.05, 0.1) is 38.9 Å². The van der Waals surface area contributed by atoms with Gasteiger partial charge in [0.2, 0.25) is 0 Å². The third-order valence-corrected chi connectivity index (χ3v) is 4.99. The molecule has 168 valence electrons. The lowest BCUT2D eigenvalue weighted by Crippen LogP contribution is -2.48. The smallest absolute Gasteiger partial charge is 0.366 e. The Labute approximate surface area is 177 Å². The van der Waals surface area contributed by atoms with Gasteiger partial charge in [-0.2, -0.15) is 8.42 Å². The van der Waals surface area contributed by atoms with Crippen molar-refractivity contribution in [1.82, 2.24) is 5.48 Å². The zero-order valence-electron chi connectivity index (χ0n) is 17.5. The molecule has 0 aliphatic carbocycles. The zero-order chi connectivity index (χ0) is 22.2. The highest BCUT2D eigenvalue weighted by Gasteiger charge is 2.41. The van der Waals surface area contributed by atoms with Crippen LogP contribution in [0.4, 0.5) is 0 Å². The topological polar surface area (TPSA) is 109 Å². The highest BCUT2D eigenvalue weighted by molar-refractivity contribution is 7.86. The van der Waals surface area contributed by atoms with Gasteiger partial charge in [-0.25, -0.2) is 4.79 Å². The molecule has 0 radical (unpaired) electrons. The maximum Gasteiger partial charge on any atom is 0.366 e. The molecule has 0 amide bonds. The summed E-state index contributed by atoms with van der Waals surface area (Å²) in [4.78, 5) is 17.1. The first-order chi connectivity index (χ1) is 14.1. The van der Waals surface area contributed by atoms with Crippen LogP contribution in [0.15, 0.2) is 30.8 Å². The van der Waals surface area contributed by atoms with E-state index in [-0.39, 0.29) is 11.7 Å². The average molecular weight is 444 g/mol. The Morgan fingerprint density at radius 2 is 1.87 bits per heavy atom. The molecule has 1 aromatic rings. The first-order valence-electron chi connectivity index (χ1n) is 9.56. The molecule has 30 heavy (non-hydrogen) atoms. The lowest BCUT2D eigenvalue weighted by molar-refractivity contribution is -0.272. The quantitative estimate of drug-likeness (QED) is 0.238. The van der Waals surface area contributed by atoms with Crippen molar-refractivity contribution in [3.05, 3.63) is 36.4 Å². The standard InChI is InChI=1S/C20H29NO8S/c1-15(17-8-10-18(11-9-17)29-30(4,23)24)21-28-12-6-5-7-16-13-26-20(2,27-14-16)19(22)25-3/h8-11,16,21H,1,5-7,12-14H2,2-4H3. The van der Waals surface area contributed by atoms with Crippen molar-refractivity contribution in [3.8, 4) is 5.75 Å². The third kappa shape index (κ3) is 7.60. The summed E-state index contributed by atoms with van der Waals surface area (Å²) in [6.45, 7) is 6.83. The second-order valence-corrected chi connectivity index (χ2v) is 8.74. The van der Waals surface area contributed by atoms with Crippen LogP contribution in [0.25, 0.3) is 5.70 Å². The summed E-state index contributed by atoms with van der Waals surface area (Å²) < 4.78 is 42.8. The molecule has 0 bridgehead atoms. The maximum absolute atomic E-state index is 11.6. The highest BCUT2D eigenvalue weighted by atomic mass is 32.2. The van der Waals surface area contributed by atoms with E-state index in [0.29, 0.717) is 25.5 Å². The van der Waals surface area contributed by atoms with Crippen molar-refractivity contribution in [2.45, 2.75) is 32.0 Å². The van der Waals surface area contributed by atoms with E-state index in [9.17, 15) is 13.2 Å². The van der Waals surface area contributed by atoms with E-state index in [4.69, 9.17) is 18.5 Å². The second-order valence-electron chi connectivity index (χ2n) is 7.16. The number of benzene rings is 1. The molecule has 1 aliphatic heterocycles. The zero-order valence-corrected chi connectivity index (χ0v) is 18.3. The van der Waals surface area contributed by atoms with Crippen molar-refractivity contribution in [2.75, 3.05) is 33.2 Å². The molecule has 1 N–H and O–H groups in total. The fourth-order valence-corrected chi connectivity index (χ4v) is 3.26. The van der Waals surface area contributed by atoms with Gasteiger partial charge in [0.15, 0.2) is 0 Å². The van der Waals surface area contributed by atoms with Crippen LogP contribution in [0, 0.1) is 5.92 Å². The minimum atomic E-state index is -3.55. The van der Waals surface area contributed by atoms with Gasteiger partial charge in [-0.3, -0.25) is 10.3 Å². The van der Waals surface area contributed by atoms with Crippen LogP contribution in [0.1, 0.15) is 31.7 Å². The Balaban J connectivity index is 1.60. The van der Waals surface area contributed by atoms with E-state index in [1.54, 1.807) is 31.2 Å². The lowest BCUT2D eigenvalue weighted by atomic mass is 10.0. The SMILES string of the molecule is C=C(NOCCCCC1COC(C)(C(=O)OC)OC1)c1ccc(OS(C)(=O)=O)cc1. The molecule has 10 heteroatoms. The van der Waals surface area contributed by atoms with E-state index < -0.39 is 21.9 Å². The molecule has 2 rings (SSSR count). The minimum Gasteiger partial charge on any atom is -0.465 e. The normalized spacial score (nSPS) is 21.6. The van der Waals surface area contributed by atoms with E-state index in [0.717, 1.165) is 31.1 Å². The molecular weight excluding hydrogens is 414 g/mol. The Morgan fingerprint density at radius 1 is 1.23 bits per heavy atom. The van der Waals surface area contributed by atoms with E-state index in [2.05, 4.69) is 16.8 Å². The van der Waals surface area contributed by atoms with Crippen LogP contribution >= 0.6 is 0 Å². The van der Waals surface area contributed by atoms with Gasteiger partial charge in [0.1, 0.15) is 5.75 Å². The largest absolute Gasteiger partial charge is 0.465 e. The molecule has 1 fully saturated rings. The van der Waals surface area contributed by atoms with Gasteiger partial charge in [0, 0.05) is 12.8 Å². The molecule has 1 aliphatic rings. The van der Waals surface area contributed by atoms with Crippen LogP contribution in [-0.4, -0.2) is 53.4 Å². The molecule has 0 atom stereocenters. The Kier molecular flexibility index (Phi) is 8.65. The Bertz CT molecular complexity index is 814. The molecule has 0 spiro atoms. The molecular formula is C20H29NO8S. The van der Waals surface area contributed by atoms with E-state index in [1.165, 1.54) is 7.11 Å². The first kappa shape index (κ1) is 24.1. The first-order valence-corrected chi connectivity index (χ1v) is 11.4. The molecule has 0 aromatic heterocycles. The predicted octanol–water partition coefficient (Wildman–Crippen LogP) is 2.24. The van der Waals surface area contributed by atoms with Crippen LogP contribution in [0.3, 0.4) is 0 Å². The number of hydrogen-bond acceptors (Lipinski definition) is 9. The number of carbonyl (C=O) groups is 1. The summed E-state index contributed by atoms with van der Waals surface area (Å²) in [7, 11) is -2.25. The van der Waals surface area contributed by atoms with Crippen LogP contribution < -0.4 is 9.66 Å². The third-order valence-electron chi connectivity index (χ3n) is 4.50. The summed E-state index contributed by atoms with van der Waals surface area (Å²) in [6.07, 6.45) is 3.62. The van der Waals surface area contributed by atoms with Gasteiger partial charge in [-0.15, -0.1) is 0 Å². The minimum absolute atomic E-state index is 0.221. The van der Waals surface area contributed by atoms with Gasteiger partial charge < -0.3 is 18.4 Å². The van der Waals surface area contributed by atoms with Gasteiger partial charge in [-0.05, 0) is 42.7 Å². The second kappa shape index (κ2) is 10.8. The van der Waals surface area contributed by atoms with Gasteiger partial charge in [-0.1, -0.05) is 13.0 Å². The molecule has 0 saturated carbocycles.